The molecule has 1 heterocycles. The van der Waals surface area contributed by atoms with Crippen LogP contribution in [0.25, 0.3) is 0 Å². The molecule has 110 valence electrons. The Morgan fingerprint density at radius 1 is 1.15 bits per heavy atom. The van der Waals surface area contributed by atoms with Gasteiger partial charge in [-0.3, -0.25) is 10.1 Å². The second-order valence-electron chi connectivity index (χ2n) is 4.46. The molecule has 0 spiro atoms. The van der Waals surface area contributed by atoms with Crippen LogP contribution in [0.1, 0.15) is 18.0 Å². The highest BCUT2D eigenvalue weighted by Crippen LogP contribution is 2.41. The first-order valence-electron chi connectivity index (χ1n) is 6.26. The van der Waals surface area contributed by atoms with Crippen LogP contribution in [0.15, 0.2) is 12.1 Å². The van der Waals surface area contributed by atoms with E-state index in [4.69, 9.17) is 14.2 Å². The first-order chi connectivity index (χ1) is 9.64. The highest BCUT2D eigenvalue weighted by atomic mass is 32.2. The minimum absolute atomic E-state index is 0.0198. The van der Waals surface area contributed by atoms with E-state index >= 15 is 0 Å². The molecule has 0 bridgehead atoms. The van der Waals surface area contributed by atoms with Crippen molar-refractivity contribution in [2.24, 2.45) is 0 Å². The maximum Gasteiger partial charge on any atom is 0.203 e. The predicted molar refractivity (Wildman–Crippen MR) is 78.9 cm³/mol. The molecule has 0 aromatic heterocycles. The monoisotopic (exact) mass is 297 g/mol. The number of carbonyl (C=O) groups is 1. The van der Waals surface area contributed by atoms with Crippen LogP contribution in [0.3, 0.4) is 0 Å². The minimum atomic E-state index is -0.140. The number of thioether (sulfide) groups is 1. The van der Waals surface area contributed by atoms with E-state index in [9.17, 15) is 4.79 Å². The molecule has 5 nitrogen and oxygen atoms in total. The Kier molecular flexibility index (Phi) is 4.77. The molecule has 1 aromatic rings. The second kappa shape index (κ2) is 6.37. The molecule has 2 unspecified atom stereocenters. The molecule has 2 atom stereocenters. The number of nitrogens with one attached hydrogen (secondary N) is 1. The molecule has 0 amide bonds. The molecule has 2 rings (SSSR count). The third-order valence-corrected chi connectivity index (χ3v) is 4.25. The summed E-state index contributed by atoms with van der Waals surface area (Å²) in [7, 11) is 4.74. The number of benzene rings is 1. The van der Waals surface area contributed by atoms with Crippen LogP contribution in [0.2, 0.25) is 0 Å². The SMILES string of the molecule is COc1cc(C2CC(=O)C(SC)N2)cc(OC)c1OC. The van der Waals surface area contributed by atoms with Crippen LogP contribution in [-0.4, -0.2) is 38.7 Å². The van der Waals surface area contributed by atoms with E-state index in [0.29, 0.717) is 23.7 Å². The number of carbonyl (C=O) groups excluding carboxylic acids is 1. The summed E-state index contributed by atoms with van der Waals surface area (Å²) in [5, 5.41) is 3.17. The number of methoxy groups -OCH3 is 3. The van der Waals surface area contributed by atoms with Crippen LogP contribution in [0, 0.1) is 0 Å². The summed E-state index contributed by atoms with van der Waals surface area (Å²) in [5.74, 6) is 1.98. The molecule has 1 aromatic carbocycles. The molecule has 0 saturated carbocycles. The van der Waals surface area contributed by atoms with Gasteiger partial charge < -0.3 is 14.2 Å². The average Bonchev–Trinajstić information content (AvgIpc) is 2.86. The lowest BCUT2D eigenvalue weighted by Gasteiger charge is -2.17. The lowest BCUT2D eigenvalue weighted by Crippen LogP contribution is -2.24. The third-order valence-electron chi connectivity index (χ3n) is 3.38. The Bertz CT molecular complexity index is 481. The topological polar surface area (TPSA) is 56.8 Å². The van der Waals surface area contributed by atoms with E-state index in [1.165, 1.54) is 11.8 Å². The number of hydrogen-bond donors (Lipinski definition) is 1. The van der Waals surface area contributed by atoms with Crippen LogP contribution in [-0.2, 0) is 4.79 Å². The van der Waals surface area contributed by atoms with Crippen LogP contribution < -0.4 is 19.5 Å². The summed E-state index contributed by atoms with van der Waals surface area (Å²) in [6.45, 7) is 0. The van der Waals surface area contributed by atoms with E-state index in [0.717, 1.165) is 5.56 Å². The molecule has 6 heteroatoms. The normalized spacial score (nSPS) is 21.9. The molecule has 1 saturated heterocycles. The van der Waals surface area contributed by atoms with E-state index in [-0.39, 0.29) is 17.2 Å². The van der Waals surface area contributed by atoms with Crippen molar-refractivity contribution in [2.75, 3.05) is 27.6 Å². The number of hydrogen-bond acceptors (Lipinski definition) is 6. The van der Waals surface area contributed by atoms with Gasteiger partial charge in [0.25, 0.3) is 0 Å². The summed E-state index contributed by atoms with van der Waals surface area (Å²) >= 11 is 1.52. The second-order valence-corrected chi connectivity index (χ2v) is 5.41. The zero-order chi connectivity index (χ0) is 14.7. The first-order valence-corrected chi connectivity index (χ1v) is 7.54. The Hall–Kier alpha value is -1.40. The van der Waals surface area contributed by atoms with Crippen molar-refractivity contribution in [2.45, 2.75) is 17.8 Å². The van der Waals surface area contributed by atoms with E-state index < -0.39 is 0 Å². The minimum Gasteiger partial charge on any atom is -0.493 e. The molecule has 1 aliphatic heterocycles. The van der Waals surface area contributed by atoms with Crippen molar-refractivity contribution < 1.29 is 19.0 Å². The average molecular weight is 297 g/mol. The fraction of sp³-hybridized carbons (Fsp3) is 0.500. The summed E-state index contributed by atoms with van der Waals surface area (Å²) in [5.41, 5.74) is 0.962. The highest BCUT2D eigenvalue weighted by Gasteiger charge is 2.33. The summed E-state index contributed by atoms with van der Waals surface area (Å²) in [6.07, 6.45) is 2.40. The van der Waals surface area contributed by atoms with Crippen molar-refractivity contribution >= 4 is 17.5 Å². The number of ketones is 1. The van der Waals surface area contributed by atoms with Crippen LogP contribution in [0.5, 0.6) is 17.2 Å². The highest BCUT2D eigenvalue weighted by molar-refractivity contribution is 7.99. The van der Waals surface area contributed by atoms with Gasteiger partial charge in [0, 0.05) is 12.5 Å². The van der Waals surface area contributed by atoms with Crippen molar-refractivity contribution in [1.82, 2.24) is 5.32 Å². The van der Waals surface area contributed by atoms with Crippen LogP contribution in [0.4, 0.5) is 0 Å². The van der Waals surface area contributed by atoms with Crippen molar-refractivity contribution in [3.63, 3.8) is 0 Å². The molecule has 1 aliphatic rings. The van der Waals surface area contributed by atoms with E-state index in [1.54, 1.807) is 21.3 Å². The van der Waals surface area contributed by atoms with Gasteiger partial charge in [0.05, 0.1) is 21.3 Å². The van der Waals surface area contributed by atoms with Crippen molar-refractivity contribution in [3.8, 4) is 17.2 Å². The maximum atomic E-state index is 11.9. The van der Waals surface area contributed by atoms with Gasteiger partial charge in [-0.1, -0.05) is 0 Å². The Balaban J connectivity index is 2.36. The standard InChI is InChI=1S/C14H19NO4S/c1-17-11-5-8(6-12(18-2)13(11)19-3)9-7-10(16)14(15-9)20-4/h5-6,9,14-15H,7H2,1-4H3. The summed E-state index contributed by atoms with van der Waals surface area (Å²) in [4.78, 5) is 11.9. The quantitative estimate of drug-likeness (QED) is 0.897. The Morgan fingerprint density at radius 2 is 1.75 bits per heavy atom. The lowest BCUT2D eigenvalue weighted by molar-refractivity contribution is -0.117. The number of Topliss-reactive ketones (excluding diaryl/α,β-unsaturated/α-hetero) is 1. The van der Waals surface area contributed by atoms with Gasteiger partial charge in [0.1, 0.15) is 5.37 Å². The van der Waals surface area contributed by atoms with E-state index in [2.05, 4.69) is 5.32 Å². The number of ether oxygens (including phenoxy) is 3. The molecular formula is C14H19NO4S. The zero-order valence-electron chi connectivity index (χ0n) is 12.1. The van der Waals surface area contributed by atoms with Gasteiger partial charge >= 0.3 is 0 Å². The van der Waals surface area contributed by atoms with Crippen molar-refractivity contribution in [3.05, 3.63) is 17.7 Å². The Labute approximate surface area is 123 Å². The molecular weight excluding hydrogens is 278 g/mol. The van der Waals surface area contributed by atoms with Gasteiger partial charge in [-0.2, -0.15) is 0 Å². The summed E-state index contributed by atoms with van der Waals surface area (Å²) in [6, 6.07) is 3.75. The van der Waals surface area contributed by atoms with Gasteiger partial charge in [0.2, 0.25) is 5.75 Å². The largest absolute Gasteiger partial charge is 0.493 e. The fourth-order valence-corrected chi connectivity index (χ4v) is 3.02. The van der Waals surface area contributed by atoms with Gasteiger partial charge in [-0.15, -0.1) is 11.8 Å². The van der Waals surface area contributed by atoms with Gasteiger partial charge in [0.15, 0.2) is 17.3 Å². The smallest absolute Gasteiger partial charge is 0.203 e. The molecule has 0 aliphatic carbocycles. The third kappa shape index (κ3) is 2.71. The summed E-state index contributed by atoms with van der Waals surface area (Å²) < 4.78 is 16.0. The fourth-order valence-electron chi connectivity index (χ4n) is 2.36. The molecule has 1 fully saturated rings. The lowest BCUT2D eigenvalue weighted by atomic mass is 10.0. The zero-order valence-corrected chi connectivity index (χ0v) is 12.9. The van der Waals surface area contributed by atoms with Crippen LogP contribution >= 0.6 is 11.8 Å². The molecule has 0 radical (unpaired) electrons. The molecule has 20 heavy (non-hydrogen) atoms. The van der Waals surface area contributed by atoms with Gasteiger partial charge in [-0.05, 0) is 24.0 Å². The maximum absolute atomic E-state index is 11.9. The van der Waals surface area contributed by atoms with E-state index in [1.807, 2.05) is 18.4 Å². The predicted octanol–water partition coefficient (Wildman–Crippen LogP) is 2.00. The first kappa shape index (κ1) is 15.0. The van der Waals surface area contributed by atoms with Gasteiger partial charge in [-0.25, -0.2) is 0 Å². The Morgan fingerprint density at radius 3 is 2.15 bits per heavy atom. The van der Waals surface area contributed by atoms with Crippen molar-refractivity contribution in [1.29, 1.82) is 0 Å². The number of rotatable bonds is 5. The molecule has 1 N–H and O–H groups in total.